The van der Waals surface area contributed by atoms with Gasteiger partial charge in [0.1, 0.15) is 0 Å². The molecule has 1 amide bonds. The van der Waals surface area contributed by atoms with Gasteiger partial charge < -0.3 is 11.1 Å². The van der Waals surface area contributed by atoms with Crippen molar-refractivity contribution in [2.45, 2.75) is 50.6 Å². The third-order valence-corrected chi connectivity index (χ3v) is 5.73. The lowest BCUT2D eigenvalue weighted by Gasteiger charge is -2.45. The lowest BCUT2D eigenvalue weighted by Crippen LogP contribution is -2.54. The van der Waals surface area contributed by atoms with Crippen molar-refractivity contribution >= 4 is 18.3 Å². The summed E-state index contributed by atoms with van der Waals surface area (Å²) in [5, 5.41) is 7.68. The number of carbonyl (C=O) groups is 1. The van der Waals surface area contributed by atoms with Gasteiger partial charge in [-0.3, -0.25) is 4.79 Å². The van der Waals surface area contributed by atoms with Crippen molar-refractivity contribution in [1.29, 1.82) is 0 Å². The number of nitrogens with two attached hydrogens (primary N) is 1. The van der Waals surface area contributed by atoms with Gasteiger partial charge >= 0.3 is 0 Å². The van der Waals surface area contributed by atoms with Crippen LogP contribution in [0.3, 0.4) is 0 Å². The number of carbonyl (C=O) groups excluding carboxylic acids is 1. The first kappa shape index (κ1) is 18.9. The molecule has 2 aliphatic carbocycles. The Morgan fingerprint density at radius 2 is 1.88 bits per heavy atom. The quantitative estimate of drug-likeness (QED) is 0.864. The van der Waals surface area contributed by atoms with E-state index in [4.69, 9.17) is 5.73 Å². The highest BCUT2D eigenvalue weighted by Gasteiger charge is 2.39. The summed E-state index contributed by atoms with van der Waals surface area (Å²) in [5.41, 5.74) is 8.12. The van der Waals surface area contributed by atoms with Crippen molar-refractivity contribution in [1.82, 2.24) is 15.1 Å². The van der Waals surface area contributed by atoms with Crippen LogP contribution in [0.4, 0.5) is 0 Å². The van der Waals surface area contributed by atoms with Gasteiger partial charge in [0.15, 0.2) is 0 Å². The molecule has 2 saturated carbocycles. The Kier molecular flexibility index (Phi) is 5.99. The molecule has 0 aliphatic heterocycles. The number of halogens is 1. The molecular formula is C20H27ClN4O. The maximum atomic E-state index is 12.6. The van der Waals surface area contributed by atoms with E-state index in [1.54, 1.807) is 6.20 Å². The molecule has 5 nitrogen and oxygen atoms in total. The fourth-order valence-electron chi connectivity index (χ4n) is 4.62. The number of hydrogen-bond donors (Lipinski definition) is 2. The van der Waals surface area contributed by atoms with Crippen LogP contribution >= 0.6 is 12.4 Å². The summed E-state index contributed by atoms with van der Waals surface area (Å²) in [6.07, 6.45) is 9.87. The molecule has 26 heavy (non-hydrogen) atoms. The second kappa shape index (κ2) is 8.23. The summed E-state index contributed by atoms with van der Waals surface area (Å²) in [5.74, 6) is 1.21. The van der Waals surface area contributed by atoms with E-state index >= 15 is 0 Å². The van der Waals surface area contributed by atoms with Crippen LogP contribution in [0.5, 0.6) is 0 Å². The van der Waals surface area contributed by atoms with Gasteiger partial charge in [-0.1, -0.05) is 24.6 Å². The van der Waals surface area contributed by atoms with Gasteiger partial charge in [0, 0.05) is 18.3 Å². The van der Waals surface area contributed by atoms with Crippen molar-refractivity contribution in [3.8, 4) is 5.69 Å². The summed E-state index contributed by atoms with van der Waals surface area (Å²) in [7, 11) is 0. The molecule has 1 heterocycles. The van der Waals surface area contributed by atoms with E-state index in [2.05, 4.69) is 10.4 Å². The average molecular weight is 375 g/mol. The lowest BCUT2D eigenvalue weighted by atomic mass is 9.67. The minimum absolute atomic E-state index is 0. The SMILES string of the molecule is Cl.NC1CC2CCCC(C1)C2NC(=O)Cc1cnn(-c2ccccc2)c1. The van der Waals surface area contributed by atoms with E-state index < -0.39 is 0 Å². The van der Waals surface area contributed by atoms with Gasteiger partial charge in [0.2, 0.25) is 5.91 Å². The predicted molar refractivity (Wildman–Crippen MR) is 104 cm³/mol. The maximum Gasteiger partial charge on any atom is 0.224 e. The number of rotatable bonds is 4. The first-order valence-electron chi connectivity index (χ1n) is 9.33. The Balaban J connectivity index is 0.00000196. The van der Waals surface area contributed by atoms with Gasteiger partial charge in [-0.2, -0.15) is 5.10 Å². The van der Waals surface area contributed by atoms with Gasteiger partial charge in [-0.15, -0.1) is 12.4 Å². The van der Waals surface area contributed by atoms with Crippen molar-refractivity contribution in [3.63, 3.8) is 0 Å². The zero-order valence-electron chi connectivity index (χ0n) is 14.9. The monoisotopic (exact) mass is 374 g/mol. The maximum absolute atomic E-state index is 12.6. The minimum atomic E-state index is 0. The molecular weight excluding hydrogens is 348 g/mol. The lowest BCUT2D eigenvalue weighted by molar-refractivity contribution is -0.122. The number of hydrogen-bond acceptors (Lipinski definition) is 3. The van der Waals surface area contributed by atoms with Crippen LogP contribution in [0, 0.1) is 11.8 Å². The van der Waals surface area contributed by atoms with Gasteiger partial charge in [-0.25, -0.2) is 4.68 Å². The van der Waals surface area contributed by atoms with Crippen molar-refractivity contribution in [2.75, 3.05) is 0 Å². The second-order valence-electron chi connectivity index (χ2n) is 7.58. The fraction of sp³-hybridized carbons (Fsp3) is 0.500. The molecule has 2 bridgehead atoms. The summed E-state index contributed by atoms with van der Waals surface area (Å²) in [6, 6.07) is 10.6. The van der Waals surface area contributed by atoms with E-state index in [1.165, 1.54) is 19.3 Å². The van der Waals surface area contributed by atoms with E-state index in [0.29, 0.717) is 30.3 Å². The third kappa shape index (κ3) is 4.10. The highest BCUT2D eigenvalue weighted by atomic mass is 35.5. The molecule has 1 aromatic heterocycles. The third-order valence-electron chi connectivity index (χ3n) is 5.73. The number of fused-ring (bicyclic) bond motifs is 2. The second-order valence-corrected chi connectivity index (χ2v) is 7.58. The minimum Gasteiger partial charge on any atom is -0.353 e. The largest absolute Gasteiger partial charge is 0.353 e. The van der Waals surface area contributed by atoms with E-state index in [9.17, 15) is 4.79 Å². The molecule has 0 spiro atoms. The van der Waals surface area contributed by atoms with Gasteiger partial charge in [0.05, 0.1) is 18.3 Å². The molecule has 6 heteroatoms. The van der Waals surface area contributed by atoms with Crippen LogP contribution in [0.25, 0.3) is 5.69 Å². The van der Waals surface area contributed by atoms with E-state index in [1.807, 2.05) is 41.2 Å². The van der Waals surface area contributed by atoms with Crippen molar-refractivity contribution < 1.29 is 4.79 Å². The van der Waals surface area contributed by atoms with Crippen molar-refractivity contribution in [2.24, 2.45) is 17.6 Å². The smallest absolute Gasteiger partial charge is 0.224 e. The zero-order valence-corrected chi connectivity index (χ0v) is 15.7. The fourth-order valence-corrected chi connectivity index (χ4v) is 4.62. The number of amides is 1. The summed E-state index contributed by atoms with van der Waals surface area (Å²) in [4.78, 5) is 12.6. The standard InChI is InChI=1S/C20H26N4O.ClH/c21-17-10-15-5-4-6-16(11-17)20(15)23-19(25)9-14-12-22-24(13-14)18-7-2-1-3-8-18;/h1-3,7-8,12-13,15-17,20H,4-6,9-11,21H2,(H,23,25);1H. The van der Waals surface area contributed by atoms with Crippen LogP contribution in [0.15, 0.2) is 42.7 Å². The van der Waals surface area contributed by atoms with Crippen LogP contribution in [-0.4, -0.2) is 27.8 Å². The van der Waals surface area contributed by atoms with Crippen LogP contribution < -0.4 is 11.1 Å². The average Bonchev–Trinajstić information content (AvgIpc) is 3.05. The molecule has 3 N–H and O–H groups in total. The number of aromatic nitrogens is 2. The molecule has 2 aliphatic rings. The molecule has 2 unspecified atom stereocenters. The topological polar surface area (TPSA) is 72.9 Å². The summed E-state index contributed by atoms with van der Waals surface area (Å²) >= 11 is 0. The molecule has 0 saturated heterocycles. The number of nitrogens with one attached hydrogen (secondary N) is 1. The Bertz CT molecular complexity index is 718. The Morgan fingerprint density at radius 1 is 1.19 bits per heavy atom. The van der Waals surface area contributed by atoms with Crippen LogP contribution in [0.2, 0.25) is 0 Å². The highest BCUT2D eigenvalue weighted by Crippen LogP contribution is 2.39. The molecule has 0 radical (unpaired) electrons. The molecule has 2 fully saturated rings. The summed E-state index contributed by atoms with van der Waals surface area (Å²) in [6.45, 7) is 0. The normalized spacial score (nSPS) is 27.4. The zero-order chi connectivity index (χ0) is 17.2. The van der Waals surface area contributed by atoms with E-state index in [0.717, 1.165) is 24.1 Å². The molecule has 2 atom stereocenters. The van der Waals surface area contributed by atoms with E-state index in [-0.39, 0.29) is 18.3 Å². The summed E-state index contributed by atoms with van der Waals surface area (Å²) < 4.78 is 1.82. The predicted octanol–water partition coefficient (Wildman–Crippen LogP) is 2.86. The molecule has 2 aromatic rings. The number of nitrogens with zero attached hydrogens (tertiary/aromatic N) is 2. The Morgan fingerprint density at radius 3 is 2.58 bits per heavy atom. The Hall–Kier alpha value is -1.85. The first-order valence-corrected chi connectivity index (χ1v) is 9.33. The molecule has 1 aromatic carbocycles. The number of benzene rings is 1. The molecule has 140 valence electrons. The van der Waals surface area contributed by atoms with Crippen LogP contribution in [0.1, 0.15) is 37.7 Å². The number of para-hydroxylation sites is 1. The first-order chi connectivity index (χ1) is 12.2. The van der Waals surface area contributed by atoms with Gasteiger partial charge in [0.25, 0.3) is 0 Å². The van der Waals surface area contributed by atoms with Gasteiger partial charge in [-0.05, 0) is 55.2 Å². The Labute approximate surface area is 160 Å². The molecule has 4 rings (SSSR count). The van der Waals surface area contributed by atoms with Crippen LogP contribution in [-0.2, 0) is 11.2 Å². The van der Waals surface area contributed by atoms with Crippen molar-refractivity contribution in [3.05, 3.63) is 48.3 Å². The highest BCUT2D eigenvalue weighted by molar-refractivity contribution is 5.85.